The lowest BCUT2D eigenvalue weighted by Crippen LogP contribution is -2.30. The lowest BCUT2D eigenvalue weighted by Gasteiger charge is -2.15. The Morgan fingerprint density at radius 3 is 2.43 bits per heavy atom. The number of fused-ring (bicyclic) bond motifs is 2. The Balaban J connectivity index is 1.83. The summed E-state index contributed by atoms with van der Waals surface area (Å²) in [5.74, 6) is 0.663. The van der Waals surface area contributed by atoms with Crippen LogP contribution >= 0.6 is 11.6 Å². The molecule has 0 atom stereocenters. The Morgan fingerprint density at radius 1 is 1.03 bits per heavy atom. The van der Waals surface area contributed by atoms with E-state index in [2.05, 4.69) is 4.98 Å². The molecular formula is C25H19ClN4O4S. The lowest BCUT2D eigenvalue weighted by atomic mass is 10.2. The molecule has 0 aliphatic rings. The number of hydrogen-bond acceptors (Lipinski definition) is 6. The third-order valence-corrected chi connectivity index (χ3v) is 7.73. The van der Waals surface area contributed by atoms with Gasteiger partial charge in [0.15, 0.2) is 0 Å². The molecule has 1 N–H and O–H groups in total. The van der Waals surface area contributed by atoms with Crippen LogP contribution in [0, 0.1) is 5.41 Å². The molecule has 35 heavy (non-hydrogen) atoms. The van der Waals surface area contributed by atoms with Crippen molar-refractivity contribution in [3.63, 3.8) is 0 Å². The number of pyridine rings is 2. The minimum Gasteiger partial charge on any atom is -0.497 e. The second-order valence-corrected chi connectivity index (χ2v) is 10.2. The third-order valence-electron chi connectivity index (χ3n) is 5.70. The molecular weight excluding hydrogens is 488 g/mol. The number of methoxy groups -OCH3 is 1. The fourth-order valence-corrected chi connectivity index (χ4v) is 5.39. The zero-order chi connectivity index (χ0) is 24.7. The van der Waals surface area contributed by atoms with Crippen molar-refractivity contribution in [2.75, 3.05) is 7.11 Å². The standard InChI is InChI=1S/C25H19ClN4O4S/c1-34-18-9-5-16(6-10-18)15-30-23(27)21(35(32,33)19-11-7-17(26)8-12-19)14-20-24(30)28-22-4-2-3-13-29(22)25(20)31/h2-14,27H,15H2,1H3. The first kappa shape index (κ1) is 22.8. The fourth-order valence-electron chi connectivity index (χ4n) is 3.87. The summed E-state index contributed by atoms with van der Waals surface area (Å²) in [4.78, 5) is 17.6. The van der Waals surface area contributed by atoms with Gasteiger partial charge in [0.1, 0.15) is 27.4 Å². The van der Waals surface area contributed by atoms with Crippen molar-refractivity contribution in [3.8, 4) is 5.75 Å². The second-order valence-electron chi connectivity index (χ2n) is 7.83. The van der Waals surface area contributed by atoms with Gasteiger partial charge in [-0.3, -0.25) is 14.6 Å². The van der Waals surface area contributed by atoms with Crippen molar-refractivity contribution in [1.29, 1.82) is 5.41 Å². The Morgan fingerprint density at radius 2 is 1.74 bits per heavy atom. The summed E-state index contributed by atoms with van der Waals surface area (Å²) in [5, 5.41) is 9.34. The van der Waals surface area contributed by atoms with Crippen molar-refractivity contribution < 1.29 is 13.2 Å². The van der Waals surface area contributed by atoms with E-state index in [1.165, 1.54) is 39.3 Å². The van der Waals surface area contributed by atoms with Crippen LogP contribution in [0.15, 0.2) is 93.6 Å². The number of rotatable bonds is 5. The molecule has 5 rings (SSSR count). The van der Waals surface area contributed by atoms with E-state index in [1.807, 2.05) is 12.1 Å². The van der Waals surface area contributed by atoms with Gasteiger partial charge in [0.05, 0.1) is 23.9 Å². The number of halogens is 1. The monoisotopic (exact) mass is 506 g/mol. The molecule has 176 valence electrons. The number of benzene rings is 2. The molecule has 10 heteroatoms. The molecule has 0 fully saturated rings. The van der Waals surface area contributed by atoms with Crippen LogP contribution < -0.4 is 15.8 Å². The van der Waals surface area contributed by atoms with Gasteiger partial charge in [0, 0.05) is 11.2 Å². The molecule has 2 aromatic carbocycles. The Labute approximate surface area is 205 Å². The summed E-state index contributed by atoms with van der Waals surface area (Å²) in [7, 11) is -2.57. The van der Waals surface area contributed by atoms with Crippen LogP contribution in [0.2, 0.25) is 5.02 Å². The van der Waals surface area contributed by atoms with Crippen LogP contribution in [-0.2, 0) is 16.4 Å². The summed E-state index contributed by atoms with van der Waals surface area (Å²) >= 11 is 5.93. The summed E-state index contributed by atoms with van der Waals surface area (Å²) in [6, 6.07) is 19.2. The van der Waals surface area contributed by atoms with Gasteiger partial charge in [0.2, 0.25) is 9.84 Å². The van der Waals surface area contributed by atoms with E-state index in [0.29, 0.717) is 16.4 Å². The maximum absolute atomic E-state index is 13.6. The van der Waals surface area contributed by atoms with Gasteiger partial charge < -0.3 is 9.30 Å². The molecule has 0 saturated heterocycles. The van der Waals surface area contributed by atoms with Crippen LogP contribution in [0.4, 0.5) is 0 Å². The molecule has 8 nitrogen and oxygen atoms in total. The number of nitrogens with zero attached hydrogens (tertiary/aromatic N) is 3. The molecule has 0 saturated carbocycles. The zero-order valence-corrected chi connectivity index (χ0v) is 20.0. The number of hydrogen-bond donors (Lipinski definition) is 1. The molecule has 0 bridgehead atoms. The minimum atomic E-state index is -4.14. The first-order chi connectivity index (χ1) is 16.8. The predicted molar refractivity (Wildman–Crippen MR) is 132 cm³/mol. The average molecular weight is 507 g/mol. The van der Waals surface area contributed by atoms with Gasteiger partial charge in [-0.05, 0) is 60.2 Å². The van der Waals surface area contributed by atoms with Crippen LogP contribution in [0.1, 0.15) is 5.56 Å². The second kappa shape index (κ2) is 8.68. The molecule has 0 amide bonds. The lowest BCUT2D eigenvalue weighted by molar-refractivity contribution is 0.414. The number of nitrogens with one attached hydrogen (secondary N) is 1. The van der Waals surface area contributed by atoms with Crippen LogP contribution in [-0.4, -0.2) is 29.5 Å². The normalized spacial score (nSPS) is 11.7. The van der Waals surface area contributed by atoms with Crippen molar-refractivity contribution in [1.82, 2.24) is 14.0 Å². The summed E-state index contributed by atoms with van der Waals surface area (Å²) in [6.07, 6.45) is 1.57. The van der Waals surface area contributed by atoms with E-state index in [4.69, 9.17) is 21.7 Å². The van der Waals surface area contributed by atoms with Crippen LogP contribution in [0.3, 0.4) is 0 Å². The van der Waals surface area contributed by atoms with Gasteiger partial charge in [-0.15, -0.1) is 0 Å². The van der Waals surface area contributed by atoms with Gasteiger partial charge in [-0.25, -0.2) is 13.4 Å². The first-order valence-electron chi connectivity index (χ1n) is 10.5. The van der Waals surface area contributed by atoms with E-state index < -0.39 is 15.4 Å². The van der Waals surface area contributed by atoms with Crippen LogP contribution in [0.25, 0.3) is 16.7 Å². The van der Waals surface area contributed by atoms with Gasteiger partial charge in [-0.1, -0.05) is 29.8 Å². The quantitative estimate of drug-likeness (QED) is 0.366. The molecule has 3 heterocycles. The molecule has 3 aromatic heterocycles. The summed E-state index contributed by atoms with van der Waals surface area (Å²) < 4.78 is 35.1. The van der Waals surface area contributed by atoms with Crippen molar-refractivity contribution in [3.05, 3.63) is 105 Å². The highest BCUT2D eigenvalue weighted by molar-refractivity contribution is 7.91. The highest BCUT2D eigenvalue weighted by Crippen LogP contribution is 2.23. The summed E-state index contributed by atoms with van der Waals surface area (Å²) in [6.45, 7) is 0.124. The largest absolute Gasteiger partial charge is 0.497 e. The number of ether oxygens (including phenoxy) is 1. The van der Waals surface area contributed by atoms with E-state index in [9.17, 15) is 13.2 Å². The molecule has 0 aliphatic carbocycles. The van der Waals surface area contributed by atoms with E-state index in [0.717, 1.165) is 5.56 Å². The van der Waals surface area contributed by atoms with Gasteiger partial charge >= 0.3 is 0 Å². The molecule has 0 aliphatic heterocycles. The number of aromatic nitrogens is 3. The smallest absolute Gasteiger partial charge is 0.267 e. The summed E-state index contributed by atoms with van der Waals surface area (Å²) in [5.41, 5.74) is 0.678. The van der Waals surface area contributed by atoms with Crippen molar-refractivity contribution >= 4 is 38.1 Å². The fraction of sp³-hybridized carbons (Fsp3) is 0.0800. The van der Waals surface area contributed by atoms with Crippen molar-refractivity contribution in [2.45, 2.75) is 16.3 Å². The third kappa shape index (κ3) is 3.98. The maximum Gasteiger partial charge on any atom is 0.267 e. The highest BCUT2D eigenvalue weighted by Gasteiger charge is 2.24. The minimum absolute atomic E-state index is 0.0282. The van der Waals surface area contributed by atoms with Crippen LogP contribution in [0.5, 0.6) is 5.75 Å². The maximum atomic E-state index is 13.6. The molecule has 0 radical (unpaired) electrons. The highest BCUT2D eigenvalue weighted by atomic mass is 35.5. The molecule has 5 aromatic rings. The van der Waals surface area contributed by atoms with Gasteiger partial charge in [-0.2, -0.15) is 0 Å². The van der Waals surface area contributed by atoms with E-state index in [-0.39, 0.29) is 32.9 Å². The van der Waals surface area contributed by atoms with E-state index >= 15 is 0 Å². The Kier molecular flexibility index (Phi) is 5.66. The molecule has 0 spiro atoms. The van der Waals surface area contributed by atoms with Crippen molar-refractivity contribution in [2.24, 2.45) is 0 Å². The topological polar surface area (TPSA) is 107 Å². The molecule has 0 unspecified atom stereocenters. The van der Waals surface area contributed by atoms with E-state index in [1.54, 1.807) is 43.6 Å². The Hall–Kier alpha value is -3.95. The first-order valence-corrected chi connectivity index (χ1v) is 12.4. The average Bonchev–Trinajstić information content (AvgIpc) is 2.86. The zero-order valence-electron chi connectivity index (χ0n) is 18.5. The van der Waals surface area contributed by atoms with Gasteiger partial charge in [0.25, 0.3) is 5.56 Å². The SMILES string of the molecule is COc1ccc(Cn2c(=N)c(S(=O)(=O)c3ccc(Cl)cc3)cc3c(=O)n4ccccc4nc32)cc1. The Bertz CT molecular complexity index is 1810. The number of sulfone groups is 1. The predicted octanol–water partition coefficient (Wildman–Crippen LogP) is 3.67.